The molecule has 1 aliphatic heterocycles. The van der Waals surface area contributed by atoms with Crippen LogP contribution in [-0.2, 0) is 9.53 Å². The highest BCUT2D eigenvalue weighted by Gasteiger charge is 2.21. The van der Waals surface area contributed by atoms with Gasteiger partial charge in [-0.3, -0.25) is 9.59 Å². The average Bonchev–Trinajstić information content (AvgIpc) is 2.70. The van der Waals surface area contributed by atoms with Gasteiger partial charge in [-0.1, -0.05) is 29.3 Å². The first-order chi connectivity index (χ1) is 13.5. The smallest absolute Gasteiger partial charge is 0.262 e. The highest BCUT2D eigenvalue weighted by molar-refractivity contribution is 6.42. The van der Waals surface area contributed by atoms with Crippen LogP contribution in [0.15, 0.2) is 36.4 Å². The summed E-state index contributed by atoms with van der Waals surface area (Å²) in [4.78, 5) is 26.8. The van der Waals surface area contributed by atoms with E-state index in [9.17, 15) is 9.59 Å². The summed E-state index contributed by atoms with van der Waals surface area (Å²) in [5.74, 6) is 0.0339. The predicted octanol–water partition coefficient (Wildman–Crippen LogP) is 3.79. The normalized spacial score (nSPS) is 13.9. The number of nitrogens with zero attached hydrogens (tertiary/aromatic N) is 1. The molecular formula is C20H20Cl2N2O4. The zero-order valence-electron chi connectivity index (χ0n) is 15.3. The molecule has 8 heteroatoms. The van der Waals surface area contributed by atoms with Crippen LogP contribution in [0, 0.1) is 6.92 Å². The van der Waals surface area contributed by atoms with Crippen molar-refractivity contribution in [1.29, 1.82) is 0 Å². The molecule has 0 radical (unpaired) electrons. The lowest BCUT2D eigenvalue weighted by Gasteiger charge is -2.27. The molecule has 1 fully saturated rings. The van der Waals surface area contributed by atoms with Crippen LogP contribution in [0.1, 0.15) is 15.9 Å². The Bertz CT molecular complexity index is 883. The molecule has 0 atom stereocenters. The minimum absolute atomic E-state index is 0.0658. The summed E-state index contributed by atoms with van der Waals surface area (Å²) >= 11 is 11.8. The van der Waals surface area contributed by atoms with Gasteiger partial charge in [0.05, 0.1) is 23.3 Å². The van der Waals surface area contributed by atoms with Crippen molar-refractivity contribution in [1.82, 2.24) is 4.90 Å². The number of carbonyl (C=O) groups excluding carboxylic acids is 2. The van der Waals surface area contributed by atoms with E-state index < -0.39 is 0 Å². The second-order valence-corrected chi connectivity index (χ2v) is 7.11. The monoisotopic (exact) mass is 422 g/mol. The van der Waals surface area contributed by atoms with Gasteiger partial charge in [-0.05, 0) is 36.8 Å². The topological polar surface area (TPSA) is 67.9 Å². The Morgan fingerprint density at radius 3 is 2.61 bits per heavy atom. The van der Waals surface area contributed by atoms with Gasteiger partial charge in [0.1, 0.15) is 5.75 Å². The Balaban J connectivity index is 1.64. The SMILES string of the molecule is Cc1c(NC(=O)COc2ccc(Cl)c(Cl)c2)cccc1C(=O)N1CCOCC1. The number of halogens is 2. The molecule has 0 bridgehead atoms. The number of amides is 2. The first-order valence-corrected chi connectivity index (χ1v) is 9.55. The van der Waals surface area contributed by atoms with Gasteiger partial charge in [0.25, 0.3) is 11.8 Å². The molecule has 2 aromatic carbocycles. The van der Waals surface area contributed by atoms with E-state index in [4.69, 9.17) is 32.7 Å². The van der Waals surface area contributed by atoms with Gasteiger partial charge < -0.3 is 19.7 Å². The van der Waals surface area contributed by atoms with Gasteiger partial charge in [-0.2, -0.15) is 0 Å². The van der Waals surface area contributed by atoms with Crippen LogP contribution >= 0.6 is 23.2 Å². The summed E-state index contributed by atoms with van der Waals surface area (Å²) in [6.45, 7) is 3.81. The van der Waals surface area contributed by atoms with E-state index in [0.29, 0.717) is 58.9 Å². The molecule has 1 aliphatic rings. The van der Waals surface area contributed by atoms with E-state index >= 15 is 0 Å². The second-order valence-electron chi connectivity index (χ2n) is 6.30. The molecule has 1 saturated heterocycles. The molecule has 1 heterocycles. The van der Waals surface area contributed by atoms with Crippen LogP contribution < -0.4 is 10.1 Å². The van der Waals surface area contributed by atoms with E-state index in [0.717, 1.165) is 0 Å². The maximum Gasteiger partial charge on any atom is 0.262 e. The molecule has 2 amide bonds. The fourth-order valence-electron chi connectivity index (χ4n) is 2.84. The Labute approximate surface area is 173 Å². The Morgan fingerprint density at radius 2 is 1.89 bits per heavy atom. The van der Waals surface area contributed by atoms with Crippen LogP contribution in [0.25, 0.3) is 0 Å². The van der Waals surface area contributed by atoms with Gasteiger partial charge in [-0.25, -0.2) is 0 Å². The molecule has 2 aromatic rings. The molecule has 0 saturated carbocycles. The molecule has 0 aromatic heterocycles. The average molecular weight is 423 g/mol. The molecule has 0 unspecified atom stereocenters. The quantitative estimate of drug-likeness (QED) is 0.795. The third-order valence-electron chi connectivity index (χ3n) is 4.40. The van der Waals surface area contributed by atoms with Crippen molar-refractivity contribution in [2.24, 2.45) is 0 Å². The van der Waals surface area contributed by atoms with E-state index in [1.807, 2.05) is 6.92 Å². The van der Waals surface area contributed by atoms with Crippen LogP contribution in [0.5, 0.6) is 5.75 Å². The molecule has 6 nitrogen and oxygen atoms in total. The minimum Gasteiger partial charge on any atom is -0.484 e. The van der Waals surface area contributed by atoms with Crippen molar-refractivity contribution in [3.05, 3.63) is 57.6 Å². The Hall–Kier alpha value is -2.28. The highest BCUT2D eigenvalue weighted by Crippen LogP contribution is 2.26. The Morgan fingerprint density at radius 1 is 1.14 bits per heavy atom. The molecule has 148 valence electrons. The number of hydrogen-bond donors (Lipinski definition) is 1. The minimum atomic E-state index is -0.342. The van der Waals surface area contributed by atoms with Crippen LogP contribution in [0.3, 0.4) is 0 Å². The zero-order valence-corrected chi connectivity index (χ0v) is 16.8. The molecular weight excluding hydrogens is 403 g/mol. The van der Waals surface area contributed by atoms with Gasteiger partial charge in [0, 0.05) is 30.4 Å². The van der Waals surface area contributed by atoms with Gasteiger partial charge in [-0.15, -0.1) is 0 Å². The first kappa shape index (κ1) is 20.5. The summed E-state index contributed by atoms with van der Waals surface area (Å²) in [7, 11) is 0. The lowest BCUT2D eigenvalue weighted by molar-refractivity contribution is -0.118. The van der Waals surface area contributed by atoms with Crippen molar-refractivity contribution in [2.75, 3.05) is 38.2 Å². The van der Waals surface area contributed by atoms with Crippen molar-refractivity contribution >= 4 is 40.7 Å². The maximum atomic E-state index is 12.7. The van der Waals surface area contributed by atoms with E-state index in [-0.39, 0.29) is 18.4 Å². The lowest BCUT2D eigenvalue weighted by Crippen LogP contribution is -2.41. The number of rotatable bonds is 5. The number of hydrogen-bond acceptors (Lipinski definition) is 4. The molecule has 0 spiro atoms. The van der Waals surface area contributed by atoms with Crippen molar-refractivity contribution in [3.8, 4) is 5.75 Å². The highest BCUT2D eigenvalue weighted by atomic mass is 35.5. The number of morpholine rings is 1. The summed E-state index contributed by atoms with van der Waals surface area (Å²) in [5, 5.41) is 3.55. The fraction of sp³-hybridized carbons (Fsp3) is 0.300. The summed E-state index contributed by atoms with van der Waals surface area (Å²) in [6.07, 6.45) is 0. The van der Waals surface area contributed by atoms with Crippen molar-refractivity contribution in [3.63, 3.8) is 0 Å². The number of nitrogens with one attached hydrogen (secondary N) is 1. The molecule has 1 N–H and O–H groups in total. The van der Waals surface area contributed by atoms with Crippen molar-refractivity contribution < 1.29 is 19.1 Å². The zero-order chi connectivity index (χ0) is 20.1. The van der Waals surface area contributed by atoms with E-state index in [2.05, 4.69) is 5.32 Å². The standard InChI is InChI=1S/C20H20Cl2N2O4/c1-13-15(20(26)24-7-9-27-10-8-24)3-2-4-18(13)23-19(25)12-28-14-5-6-16(21)17(22)11-14/h2-6,11H,7-10,12H2,1H3,(H,23,25). The maximum absolute atomic E-state index is 12.7. The number of ether oxygens (including phenoxy) is 2. The van der Waals surface area contributed by atoms with E-state index in [1.54, 1.807) is 41.3 Å². The third-order valence-corrected chi connectivity index (χ3v) is 5.14. The first-order valence-electron chi connectivity index (χ1n) is 8.80. The van der Waals surface area contributed by atoms with Gasteiger partial charge >= 0.3 is 0 Å². The summed E-state index contributed by atoms with van der Waals surface area (Å²) in [6, 6.07) is 10.0. The van der Waals surface area contributed by atoms with Gasteiger partial charge in [0.15, 0.2) is 6.61 Å². The van der Waals surface area contributed by atoms with Crippen LogP contribution in [-0.4, -0.2) is 49.6 Å². The van der Waals surface area contributed by atoms with Crippen LogP contribution in [0.4, 0.5) is 5.69 Å². The Kier molecular flexibility index (Phi) is 6.78. The number of anilines is 1. The molecule has 3 rings (SSSR count). The predicted molar refractivity (Wildman–Crippen MR) is 108 cm³/mol. The largest absolute Gasteiger partial charge is 0.484 e. The van der Waals surface area contributed by atoms with Crippen LogP contribution in [0.2, 0.25) is 10.0 Å². The second kappa shape index (κ2) is 9.28. The number of benzene rings is 2. The molecule has 28 heavy (non-hydrogen) atoms. The van der Waals surface area contributed by atoms with Crippen molar-refractivity contribution in [2.45, 2.75) is 6.92 Å². The van der Waals surface area contributed by atoms with E-state index in [1.165, 1.54) is 0 Å². The number of carbonyl (C=O) groups is 2. The third kappa shape index (κ3) is 4.95. The van der Waals surface area contributed by atoms with Gasteiger partial charge in [0.2, 0.25) is 0 Å². The molecule has 0 aliphatic carbocycles. The fourth-order valence-corrected chi connectivity index (χ4v) is 3.13. The lowest BCUT2D eigenvalue weighted by atomic mass is 10.0. The summed E-state index contributed by atoms with van der Waals surface area (Å²) < 4.78 is 10.7. The summed E-state index contributed by atoms with van der Waals surface area (Å²) in [5.41, 5.74) is 1.84.